The second-order valence-corrected chi connectivity index (χ2v) is 6.94. The minimum atomic E-state index is -0.0422. The van der Waals surface area contributed by atoms with Gasteiger partial charge in [0.15, 0.2) is 11.5 Å². The molecule has 2 unspecified atom stereocenters. The maximum Gasteiger partial charge on any atom is 0.251 e. The smallest absolute Gasteiger partial charge is 0.251 e. The fourth-order valence-corrected chi connectivity index (χ4v) is 3.57. The van der Waals surface area contributed by atoms with Gasteiger partial charge in [0.05, 0.1) is 13.2 Å². The monoisotopic (exact) mass is 368 g/mol. The molecule has 0 bridgehead atoms. The van der Waals surface area contributed by atoms with Gasteiger partial charge in [0.1, 0.15) is 0 Å². The van der Waals surface area contributed by atoms with E-state index in [4.69, 9.17) is 9.47 Å². The van der Waals surface area contributed by atoms with Crippen LogP contribution in [-0.2, 0) is 0 Å². The molecule has 1 amide bonds. The maximum atomic E-state index is 12.6. The van der Waals surface area contributed by atoms with Gasteiger partial charge in [-0.25, -0.2) is 0 Å². The molecule has 1 aromatic rings. The van der Waals surface area contributed by atoms with Gasteiger partial charge in [-0.1, -0.05) is 6.92 Å². The Balaban J connectivity index is 0.00000225. The quantitative estimate of drug-likeness (QED) is 0.838. The van der Waals surface area contributed by atoms with E-state index in [2.05, 4.69) is 17.6 Å². The highest BCUT2D eigenvalue weighted by molar-refractivity contribution is 5.95. The molecular weight excluding hydrogens is 340 g/mol. The number of rotatable bonds is 5. The van der Waals surface area contributed by atoms with Crippen molar-refractivity contribution in [2.24, 2.45) is 5.92 Å². The summed E-state index contributed by atoms with van der Waals surface area (Å²) in [6.07, 6.45) is 5.88. The van der Waals surface area contributed by atoms with Crippen molar-refractivity contribution in [2.75, 3.05) is 20.2 Å². The van der Waals surface area contributed by atoms with E-state index < -0.39 is 0 Å². The third-order valence-electron chi connectivity index (χ3n) is 5.12. The Labute approximate surface area is 156 Å². The minimum Gasteiger partial charge on any atom is -0.493 e. The van der Waals surface area contributed by atoms with Crippen molar-refractivity contribution in [2.45, 2.75) is 51.2 Å². The third-order valence-corrected chi connectivity index (χ3v) is 5.12. The summed E-state index contributed by atoms with van der Waals surface area (Å²) in [6, 6.07) is 5.69. The first-order valence-electron chi connectivity index (χ1n) is 9.03. The van der Waals surface area contributed by atoms with Crippen molar-refractivity contribution in [3.63, 3.8) is 0 Å². The number of benzene rings is 1. The maximum absolute atomic E-state index is 12.6. The van der Waals surface area contributed by atoms with Crippen molar-refractivity contribution < 1.29 is 14.3 Å². The molecule has 3 rings (SSSR count). The summed E-state index contributed by atoms with van der Waals surface area (Å²) < 4.78 is 11.5. The van der Waals surface area contributed by atoms with Gasteiger partial charge in [-0.15, -0.1) is 12.4 Å². The topological polar surface area (TPSA) is 59.6 Å². The second kappa shape index (κ2) is 9.30. The molecule has 0 radical (unpaired) electrons. The van der Waals surface area contributed by atoms with E-state index in [1.54, 1.807) is 13.2 Å². The normalized spacial score (nSPS) is 23.6. The standard InChI is InChI=1S/C19H28N2O3.ClH/c1-13-12-20-10-9-16(13)21-19(22)14-7-8-17(18(11-14)23-2)24-15-5-3-4-6-15;/h7-8,11,13,15-16,20H,3-6,9-10,12H2,1-2H3,(H,21,22);1H. The minimum absolute atomic E-state index is 0. The number of hydrogen-bond acceptors (Lipinski definition) is 4. The molecule has 2 N–H and O–H groups in total. The summed E-state index contributed by atoms with van der Waals surface area (Å²) in [7, 11) is 1.62. The van der Waals surface area contributed by atoms with Gasteiger partial charge in [0.2, 0.25) is 0 Å². The van der Waals surface area contributed by atoms with Crippen LogP contribution in [0.5, 0.6) is 11.5 Å². The first-order chi connectivity index (χ1) is 11.7. The predicted octanol–water partition coefficient (Wildman–Crippen LogP) is 3.17. The molecule has 1 saturated carbocycles. The molecule has 1 aromatic carbocycles. The Bertz CT molecular complexity index is 576. The molecule has 1 saturated heterocycles. The van der Waals surface area contributed by atoms with Gasteiger partial charge in [-0.3, -0.25) is 4.79 Å². The number of ether oxygens (including phenoxy) is 2. The van der Waals surface area contributed by atoms with Crippen LogP contribution in [0.4, 0.5) is 0 Å². The van der Waals surface area contributed by atoms with Gasteiger partial charge in [-0.2, -0.15) is 0 Å². The molecule has 5 nitrogen and oxygen atoms in total. The molecule has 1 aliphatic heterocycles. The van der Waals surface area contributed by atoms with E-state index in [1.807, 2.05) is 12.1 Å². The summed E-state index contributed by atoms with van der Waals surface area (Å²) >= 11 is 0. The fraction of sp³-hybridized carbons (Fsp3) is 0.632. The zero-order chi connectivity index (χ0) is 16.9. The lowest BCUT2D eigenvalue weighted by atomic mass is 9.95. The molecule has 2 fully saturated rings. The van der Waals surface area contributed by atoms with Crippen LogP contribution in [0.2, 0.25) is 0 Å². The van der Waals surface area contributed by atoms with Crippen molar-refractivity contribution in [1.82, 2.24) is 10.6 Å². The number of piperidine rings is 1. The van der Waals surface area contributed by atoms with E-state index in [0.717, 1.165) is 38.1 Å². The zero-order valence-electron chi connectivity index (χ0n) is 15.0. The van der Waals surface area contributed by atoms with Crippen LogP contribution in [0.3, 0.4) is 0 Å². The summed E-state index contributed by atoms with van der Waals surface area (Å²) in [6.45, 7) is 4.06. The second-order valence-electron chi connectivity index (χ2n) is 6.94. The van der Waals surface area contributed by atoms with Gasteiger partial charge < -0.3 is 20.1 Å². The van der Waals surface area contributed by atoms with Crippen molar-refractivity contribution in [1.29, 1.82) is 0 Å². The van der Waals surface area contributed by atoms with Crippen LogP contribution in [0.25, 0.3) is 0 Å². The number of hydrogen-bond donors (Lipinski definition) is 2. The third kappa shape index (κ3) is 5.02. The van der Waals surface area contributed by atoms with Crippen LogP contribution in [0.1, 0.15) is 49.4 Å². The van der Waals surface area contributed by atoms with Gasteiger partial charge in [-0.05, 0) is 69.3 Å². The fourth-order valence-electron chi connectivity index (χ4n) is 3.57. The molecule has 25 heavy (non-hydrogen) atoms. The highest BCUT2D eigenvalue weighted by Crippen LogP contribution is 2.32. The summed E-state index contributed by atoms with van der Waals surface area (Å²) in [5.41, 5.74) is 0.622. The van der Waals surface area contributed by atoms with Gasteiger partial charge in [0.25, 0.3) is 5.91 Å². The van der Waals surface area contributed by atoms with Gasteiger partial charge in [0, 0.05) is 11.6 Å². The largest absolute Gasteiger partial charge is 0.493 e. The number of halogens is 1. The molecule has 140 valence electrons. The first-order valence-corrected chi connectivity index (χ1v) is 9.03. The van der Waals surface area contributed by atoms with Crippen LogP contribution in [0.15, 0.2) is 18.2 Å². The lowest BCUT2D eigenvalue weighted by Gasteiger charge is -2.30. The molecule has 1 aliphatic carbocycles. The average Bonchev–Trinajstić information content (AvgIpc) is 3.10. The highest BCUT2D eigenvalue weighted by Gasteiger charge is 2.24. The average molecular weight is 369 g/mol. The van der Waals surface area contributed by atoms with E-state index in [1.165, 1.54) is 12.8 Å². The van der Waals surface area contributed by atoms with Crippen LogP contribution in [0, 0.1) is 5.92 Å². The summed E-state index contributed by atoms with van der Waals surface area (Å²) in [4.78, 5) is 12.6. The van der Waals surface area contributed by atoms with Crippen molar-refractivity contribution in [3.8, 4) is 11.5 Å². The van der Waals surface area contributed by atoms with Crippen molar-refractivity contribution >= 4 is 18.3 Å². The Hall–Kier alpha value is -1.46. The Morgan fingerprint density at radius 2 is 1.96 bits per heavy atom. The number of carbonyl (C=O) groups excluding carboxylic acids is 1. The molecule has 1 heterocycles. The Morgan fingerprint density at radius 1 is 1.20 bits per heavy atom. The predicted molar refractivity (Wildman–Crippen MR) is 101 cm³/mol. The molecule has 2 atom stereocenters. The Kier molecular flexibility index (Phi) is 7.38. The van der Waals surface area contributed by atoms with E-state index in [-0.39, 0.29) is 30.5 Å². The lowest BCUT2D eigenvalue weighted by Crippen LogP contribution is -2.48. The molecule has 0 aromatic heterocycles. The summed E-state index contributed by atoms with van der Waals surface area (Å²) in [5.74, 6) is 1.76. The highest BCUT2D eigenvalue weighted by atomic mass is 35.5. The van der Waals surface area contributed by atoms with Crippen molar-refractivity contribution in [3.05, 3.63) is 23.8 Å². The van der Waals surface area contributed by atoms with E-state index >= 15 is 0 Å². The number of nitrogens with one attached hydrogen (secondary N) is 2. The summed E-state index contributed by atoms with van der Waals surface area (Å²) in [5, 5.41) is 6.50. The molecule has 2 aliphatic rings. The van der Waals surface area contributed by atoms with E-state index in [0.29, 0.717) is 17.2 Å². The lowest BCUT2D eigenvalue weighted by molar-refractivity contribution is 0.0913. The molecule has 0 spiro atoms. The number of carbonyl (C=O) groups is 1. The van der Waals surface area contributed by atoms with Gasteiger partial charge >= 0.3 is 0 Å². The van der Waals surface area contributed by atoms with E-state index in [9.17, 15) is 4.79 Å². The first kappa shape index (κ1) is 19.9. The van der Waals surface area contributed by atoms with Crippen LogP contribution >= 0.6 is 12.4 Å². The Morgan fingerprint density at radius 3 is 2.64 bits per heavy atom. The zero-order valence-corrected chi connectivity index (χ0v) is 15.9. The molecular formula is C19H29ClN2O3. The number of amides is 1. The van der Waals surface area contributed by atoms with Crippen LogP contribution in [-0.4, -0.2) is 38.3 Å². The van der Waals surface area contributed by atoms with Crippen LogP contribution < -0.4 is 20.1 Å². The molecule has 6 heteroatoms. The number of methoxy groups -OCH3 is 1. The SMILES string of the molecule is COc1cc(C(=O)NC2CCNCC2C)ccc1OC1CCCC1.Cl.